The summed E-state index contributed by atoms with van der Waals surface area (Å²) in [4.78, 5) is 0.914. The van der Waals surface area contributed by atoms with Crippen LogP contribution in [0.5, 0.6) is 11.5 Å². The molecule has 0 radical (unpaired) electrons. The molecule has 0 aliphatic heterocycles. The standard InChI is InChI=1S/C12H12N2O2S/c13-9-1-3-10(4-2-9)15-11-5-7-12(8-6-11)17-16-14/h1-8H,13-14H2. The summed E-state index contributed by atoms with van der Waals surface area (Å²) in [5.74, 6) is 6.45. The zero-order chi connectivity index (χ0) is 12.1. The molecule has 0 heterocycles. The number of hydrogen-bond acceptors (Lipinski definition) is 5. The fourth-order valence-corrected chi connectivity index (χ4v) is 1.65. The van der Waals surface area contributed by atoms with Crippen LogP contribution in [0.3, 0.4) is 0 Å². The van der Waals surface area contributed by atoms with Crippen LogP contribution in [-0.2, 0) is 4.28 Å². The van der Waals surface area contributed by atoms with Crippen LogP contribution in [0.2, 0.25) is 0 Å². The van der Waals surface area contributed by atoms with Crippen molar-refractivity contribution in [2.75, 3.05) is 5.73 Å². The highest BCUT2D eigenvalue weighted by Crippen LogP contribution is 2.25. The minimum absolute atomic E-state index is 0.712. The van der Waals surface area contributed by atoms with Crippen molar-refractivity contribution in [3.8, 4) is 11.5 Å². The maximum Gasteiger partial charge on any atom is 0.127 e. The predicted octanol–water partition coefficient (Wildman–Crippen LogP) is 2.96. The lowest BCUT2D eigenvalue weighted by Gasteiger charge is -2.06. The summed E-state index contributed by atoms with van der Waals surface area (Å²) < 4.78 is 10.1. The molecule has 2 aromatic carbocycles. The smallest absolute Gasteiger partial charge is 0.127 e. The van der Waals surface area contributed by atoms with Crippen molar-refractivity contribution in [3.63, 3.8) is 0 Å². The van der Waals surface area contributed by atoms with Gasteiger partial charge in [-0.15, -0.1) is 0 Å². The quantitative estimate of drug-likeness (QED) is 0.494. The van der Waals surface area contributed by atoms with E-state index >= 15 is 0 Å². The zero-order valence-corrected chi connectivity index (χ0v) is 9.81. The summed E-state index contributed by atoms with van der Waals surface area (Å²) in [6.45, 7) is 0. The first-order valence-corrected chi connectivity index (χ1v) is 5.69. The summed E-state index contributed by atoms with van der Waals surface area (Å²) in [5, 5.41) is 0. The number of hydrogen-bond donors (Lipinski definition) is 2. The van der Waals surface area contributed by atoms with Gasteiger partial charge in [0.2, 0.25) is 0 Å². The molecule has 5 heteroatoms. The summed E-state index contributed by atoms with van der Waals surface area (Å²) in [7, 11) is 0. The van der Waals surface area contributed by atoms with Crippen LogP contribution in [0.4, 0.5) is 5.69 Å². The van der Waals surface area contributed by atoms with Gasteiger partial charge in [0.15, 0.2) is 0 Å². The van der Waals surface area contributed by atoms with Crippen LogP contribution in [0, 0.1) is 0 Å². The molecule has 2 rings (SSSR count). The fourth-order valence-electron chi connectivity index (χ4n) is 1.29. The molecule has 0 bridgehead atoms. The number of anilines is 1. The van der Waals surface area contributed by atoms with E-state index in [0.717, 1.165) is 28.4 Å². The van der Waals surface area contributed by atoms with Crippen LogP contribution in [-0.4, -0.2) is 0 Å². The molecule has 0 aliphatic rings. The van der Waals surface area contributed by atoms with Crippen LogP contribution in [0.1, 0.15) is 0 Å². The topological polar surface area (TPSA) is 70.5 Å². The average Bonchev–Trinajstić information content (AvgIpc) is 2.35. The molecule has 4 N–H and O–H groups in total. The molecule has 0 amide bonds. The van der Waals surface area contributed by atoms with Gasteiger partial charge in [0.1, 0.15) is 11.5 Å². The maximum atomic E-state index is 5.63. The van der Waals surface area contributed by atoms with Gasteiger partial charge in [-0.2, -0.15) is 0 Å². The predicted molar refractivity (Wildman–Crippen MR) is 68.5 cm³/mol. The summed E-state index contributed by atoms with van der Waals surface area (Å²) in [5.41, 5.74) is 6.30. The molecular formula is C12H12N2O2S. The van der Waals surface area contributed by atoms with Crippen molar-refractivity contribution in [1.82, 2.24) is 0 Å². The SMILES string of the molecule is NOSc1ccc(Oc2ccc(N)cc2)cc1. The van der Waals surface area contributed by atoms with E-state index in [1.54, 1.807) is 12.1 Å². The Bertz CT molecular complexity index is 471. The second-order valence-corrected chi connectivity index (χ2v) is 4.15. The number of benzene rings is 2. The van der Waals surface area contributed by atoms with E-state index in [-0.39, 0.29) is 0 Å². The van der Waals surface area contributed by atoms with Crippen molar-refractivity contribution in [1.29, 1.82) is 0 Å². The second kappa shape index (κ2) is 5.58. The van der Waals surface area contributed by atoms with Gasteiger partial charge in [-0.05, 0) is 48.5 Å². The Labute approximate surface area is 104 Å². The Hall–Kier alpha value is -1.69. The maximum absolute atomic E-state index is 5.63. The molecule has 0 atom stereocenters. The van der Waals surface area contributed by atoms with Crippen LogP contribution < -0.4 is 16.4 Å². The van der Waals surface area contributed by atoms with Crippen LogP contribution in [0.15, 0.2) is 53.4 Å². The van der Waals surface area contributed by atoms with Gasteiger partial charge in [-0.25, -0.2) is 10.2 Å². The average molecular weight is 248 g/mol. The van der Waals surface area contributed by atoms with Gasteiger partial charge >= 0.3 is 0 Å². The van der Waals surface area contributed by atoms with Crippen LogP contribution >= 0.6 is 12.0 Å². The molecule has 88 valence electrons. The molecule has 0 aromatic heterocycles. The Morgan fingerprint density at radius 2 is 1.35 bits per heavy atom. The number of rotatable bonds is 4. The molecule has 0 aliphatic carbocycles. The fraction of sp³-hybridized carbons (Fsp3) is 0. The molecule has 0 saturated heterocycles. The minimum Gasteiger partial charge on any atom is -0.457 e. The van der Waals surface area contributed by atoms with Crippen molar-refractivity contribution in [2.24, 2.45) is 5.90 Å². The molecule has 0 spiro atoms. The largest absolute Gasteiger partial charge is 0.457 e. The molecule has 0 unspecified atom stereocenters. The Kier molecular flexibility index (Phi) is 3.87. The van der Waals surface area contributed by atoms with E-state index in [1.165, 1.54) is 0 Å². The molecule has 2 aromatic rings. The monoisotopic (exact) mass is 248 g/mol. The lowest BCUT2D eigenvalue weighted by molar-refractivity contribution is 0.398. The minimum atomic E-state index is 0.712. The second-order valence-electron chi connectivity index (χ2n) is 3.32. The molecular weight excluding hydrogens is 236 g/mol. The van der Waals surface area contributed by atoms with E-state index in [0.29, 0.717) is 5.69 Å². The van der Waals surface area contributed by atoms with Gasteiger partial charge < -0.3 is 10.5 Å². The first kappa shape index (κ1) is 11.8. The Morgan fingerprint density at radius 1 is 0.824 bits per heavy atom. The highest BCUT2D eigenvalue weighted by atomic mass is 32.2. The molecule has 17 heavy (non-hydrogen) atoms. The lowest BCUT2D eigenvalue weighted by atomic mass is 10.3. The number of ether oxygens (including phenoxy) is 1. The lowest BCUT2D eigenvalue weighted by Crippen LogP contribution is -1.88. The van der Waals surface area contributed by atoms with Gasteiger partial charge in [-0.3, -0.25) is 0 Å². The summed E-state index contributed by atoms with van der Waals surface area (Å²) in [6, 6.07) is 14.6. The molecule has 0 fully saturated rings. The highest BCUT2D eigenvalue weighted by molar-refractivity contribution is 7.94. The van der Waals surface area contributed by atoms with Gasteiger partial charge in [0, 0.05) is 10.6 Å². The van der Waals surface area contributed by atoms with E-state index in [9.17, 15) is 0 Å². The Balaban J connectivity index is 2.05. The van der Waals surface area contributed by atoms with Crippen molar-refractivity contribution < 1.29 is 9.02 Å². The number of nitrogens with two attached hydrogens (primary N) is 2. The van der Waals surface area contributed by atoms with Gasteiger partial charge in [-0.1, -0.05) is 0 Å². The third-order valence-electron chi connectivity index (χ3n) is 2.08. The van der Waals surface area contributed by atoms with E-state index in [4.69, 9.17) is 16.4 Å². The van der Waals surface area contributed by atoms with E-state index in [2.05, 4.69) is 4.28 Å². The third-order valence-corrected chi connectivity index (χ3v) is 2.64. The summed E-state index contributed by atoms with van der Waals surface area (Å²) >= 11 is 1.10. The normalized spacial score (nSPS) is 10.2. The summed E-state index contributed by atoms with van der Waals surface area (Å²) in [6.07, 6.45) is 0. The van der Waals surface area contributed by atoms with Crippen molar-refractivity contribution >= 4 is 17.7 Å². The molecule has 0 saturated carbocycles. The van der Waals surface area contributed by atoms with Crippen molar-refractivity contribution in [2.45, 2.75) is 4.90 Å². The molecule has 4 nitrogen and oxygen atoms in total. The first-order chi connectivity index (χ1) is 8.28. The van der Waals surface area contributed by atoms with Gasteiger partial charge in [0.05, 0.1) is 12.0 Å². The van der Waals surface area contributed by atoms with E-state index in [1.807, 2.05) is 36.4 Å². The number of nitrogen functional groups attached to an aromatic ring is 1. The van der Waals surface area contributed by atoms with Crippen molar-refractivity contribution in [3.05, 3.63) is 48.5 Å². The Morgan fingerprint density at radius 3 is 1.88 bits per heavy atom. The highest BCUT2D eigenvalue weighted by Gasteiger charge is 1.98. The zero-order valence-electron chi connectivity index (χ0n) is 9.00. The van der Waals surface area contributed by atoms with Gasteiger partial charge in [0.25, 0.3) is 0 Å². The first-order valence-electron chi connectivity index (χ1n) is 4.95. The third kappa shape index (κ3) is 3.39. The van der Waals surface area contributed by atoms with Crippen LogP contribution in [0.25, 0.3) is 0 Å². The van der Waals surface area contributed by atoms with E-state index < -0.39 is 0 Å².